The molecule has 1 saturated carbocycles. The Balaban J connectivity index is 1.76. The number of thiophene rings is 1. The summed E-state index contributed by atoms with van der Waals surface area (Å²) in [6.45, 7) is 0. The lowest BCUT2D eigenvalue weighted by Crippen LogP contribution is -2.12. The van der Waals surface area contributed by atoms with Gasteiger partial charge in [-0.15, -0.1) is 11.3 Å². The molecule has 1 aromatic heterocycles. The van der Waals surface area contributed by atoms with Crippen LogP contribution in [0.5, 0.6) is 0 Å². The van der Waals surface area contributed by atoms with Crippen LogP contribution in [0.1, 0.15) is 71.5 Å². The average Bonchev–Trinajstić information content (AvgIpc) is 2.64. The summed E-state index contributed by atoms with van der Waals surface area (Å²) in [5.74, 6) is 0.781. The second-order valence-corrected chi connectivity index (χ2v) is 6.96. The van der Waals surface area contributed by atoms with Crippen LogP contribution in [0.2, 0.25) is 0 Å². The second kappa shape index (κ2) is 5.56. The average molecular weight is 262 g/mol. The third kappa shape index (κ3) is 2.54. The van der Waals surface area contributed by atoms with E-state index >= 15 is 0 Å². The second-order valence-electron chi connectivity index (χ2n) is 5.82. The first-order valence-electron chi connectivity index (χ1n) is 7.50. The van der Waals surface area contributed by atoms with Gasteiger partial charge in [-0.3, -0.25) is 4.79 Å². The zero-order valence-corrected chi connectivity index (χ0v) is 11.9. The van der Waals surface area contributed by atoms with Crippen molar-refractivity contribution in [2.24, 2.45) is 5.92 Å². The molecule has 98 valence electrons. The Morgan fingerprint density at radius 2 is 1.72 bits per heavy atom. The Morgan fingerprint density at radius 1 is 1.00 bits per heavy atom. The molecular weight excluding hydrogens is 240 g/mol. The van der Waals surface area contributed by atoms with Gasteiger partial charge in [0.05, 0.1) is 4.88 Å². The van der Waals surface area contributed by atoms with E-state index < -0.39 is 0 Å². The lowest BCUT2D eigenvalue weighted by atomic mass is 9.93. The molecule has 0 atom stereocenters. The summed E-state index contributed by atoms with van der Waals surface area (Å²) < 4.78 is 0. The summed E-state index contributed by atoms with van der Waals surface area (Å²) in [5.41, 5.74) is 1.48. The van der Waals surface area contributed by atoms with Crippen molar-refractivity contribution in [2.45, 2.75) is 64.2 Å². The fourth-order valence-electron chi connectivity index (χ4n) is 3.35. The minimum absolute atomic E-state index is 0.326. The van der Waals surface area contributed by atoms with Gasteiger partial charge in [0.2, 0.25) is 0 Å². The molecule has 0 saturated heterocycles. The molecule has 18 heavy (non-hydrogen) atoms. The summed E-state index contributed by atoms with van der Waals surface area (Å²) >= 11 is 1.79. The molecule has 3 rings (SSSR count). The Bertz CT molecular complexity index is 401. The molecule has 0 amide bonds. The summed E-state index contributed by atoms with van der Waals surface area (Å²) in [6, 6.07) is 2.21. The van der Waals surface area contributed by atoms with Gasteiger partial charge in [0, 0.05) is 10.8 Å². The maximum Gasteiger partial charge on any atom is 0.175 e. The van der Waals surface area contributed by atoms with Crippen molar-refractivity contribution in [1.82, 2.24) is 0 Å². The minimum Gasteiger partial charge on any atom is -0.293 e. The highest BCUT2D eigenvalue weighted by atomic mass is 32.1. The van der Waals surface area contributed by atoms with Crippen LogP contribution in [0, 0.1) is 5.92 Å². The molecule has 0 unspecified atom stereocenters. The number of hydrogen-bond acceptors (Lipinski definition) is 2. The number of Topliss-reactive ketones (excluding diaryl/α,β-unsaturated/α-hetero) is 1. The van der Waals surface area contributed by atoms with Gasteiger partial charge in [0.15, 0.2) is 5.78 Å². The maximum atomic E-state index is 12.6. The fraction of sp³-hybridized carbons (Fsp3) is 0.688. The molecule has 1 aromatic rings. The van der Waals surface area contributed by atoms with Crippen molar-refractivity contribution in [2.75, 3.05) is 0 Å². The Kier molecular flexibility index (Phi) is 3.83. The number of hydrogen-bond donors (Lipinski definition) is 0. The number of aryl methyl sites for hydroxylation is 2. The molecule has 2 aliphatic carbocycles. The highest BCUT2D eigenvalue weighted by molar-refractivity contribution is 7.14. The quantitative estimate of drug-likeness (QED) is 0.553. The van der Waals surface area contributed by atoms with Crippen molar-refractivity contribution in [1.29, 1.82) is 0 Å². The summed E-state index contributed by atoms with van der Waals surface area (Å²) in [7, 11) is 0. The summed E-state index contributed by atoms with van der Waals surface area (Å²) in [6.07, 6.45) is 12.4. The molecule has 1 nitrogen and oxygen atoms in total. The first-order chi connectivity index (χ1) is 8.84. The topological polar surface area (TPSA) is 17.1 Å². The van der Waals surface area contributed by atoms with E-state index in [0.29, 0.717) is 11.7 Å². The van der Waals surface area contributed by atoms with Crippen molar-refractivity contribution in [3.63, 3.8) is 0 Å². The van der Waals surface area contributed by atoms with Crippen LogP contribution in [-0.2, 0) is 12.8 Å². The van der Waals surface area contributed by atoms with Crippen molar-refractivity contribution < 1.29 is 4.79 Å². The number of fused-ring (bicyclic) bond motifs is 1. The van der Waals surface area contributed by atoms with Gasteiger partial charge in [0.25, 0.3) is 0 Å². The van der Waals surface area contributed by atoms with Gasteiger partial charge in [-0.1, -0.05) is 25.7 Å². The van der Waals surface area contributed by atoms with Crippen molar-refractivity contribution >= 4 is 17.1 Å². The predicted molar refractivity (Wildman–Crippen MR) is 76.5 cm³/mol. The first-order valence-corrected chi connectivity index (χ1v) is 8.32. The van der Waals surface area contributed by atoms with Crippen LogP contribution in [0.15, 0.2) is 6.07 Å². The van der Waals surface area contributed by atoms with Crippen LogP contribution < -0.4 is 0 Å². The monoisotopic (exact) mass is 262 g/mol. The molecule has 2 heteroatoms. The predicted octanol–water partition coefficient (Wildman–Crippen LogP) is 4.78. The molecule has 1 heterocycles. The van der Waals surface area contributed by atoms with E-state index in [9.17, 15) is 4.79 Å². The third-order valence-corrected chi connectivity index (χ3v) is 5.72. The van der Waals surface area contributed by atoms with Crippen LogP contribution in [0.4, 0.5) is 0 Å². The van der Waals surface area contributed by atoms with Crippen LogP contribution in [0.25, 0.3) is 0 Å². The summed E-state index contributed by atoms with van der Waals surface area (Å²) in [4.78, 5) is 15.1. The Hall–Kier alpha value is -0.630. The SMILES string of the molecule is O=C(c1cc2c(s1)CCCC2)C1CCCCCC1. The van der Waals surface area contributed by atoms with E-state index in [-0.39, 0.29) is 0 Å². The van der Waals surface area contributed by atoms with Crippen LogP contribution in [-0.4, -0.2) is 5.78 Å². The van der Waals surface area contributed by atoms with Gasteiger partial charge in [0.1, 0.15) is 0 Å². The smallest absolute Gasteiger partial charge is 0.175 e. The molecule has 0 N–H and O–H groups in total. The minimum atomic E-state index is 0.326. The summed E-state index contributed by atoms with van der Waals surface area (Å²) in [5, 5.41) is 0. The van der Waals surface area contributed by atoms with Gasteiger partial charge in [-0.25, -0.2) is 0 Å². The fourth-order valence-corrected chi connectivity index (χ4v) is 4.63. The van der Waals surface area contributed by atoms with E-state index in [2.05, 4.69) is 6.07 Å². The van der Waals surface area contributed by atoms with Crippen molar-refractivity contribution in [3.8, 4) is 0 Å². The van der Waals surface area contributed by atoms with Crippen LogP contribution in [0.3, 0.4) is 0 Å². The number of carbonyl (C=O) groups is 1. The standard InChI is InChI=1S/C16H22OS/c17-16(12-7-3-1-2-4-8-12)15-11-13-9-5-6-10-14(13)18-15/h11-12H,1-10H2. The van der Waals surface area contributed by atoms with E-state index in [0.717, 1.165) is 17.7 Å². The Morgan fingerprint density at radius 3 is 2.44 bits per heavy atom. The largest absolute Gasteiger partial charge is 0.293 e. The number of ketones is 1. The van der Waals surface area contributed by atoms with Crippen LogP contribution >= 0.6 is 11.3 Å². The molecule has 1 fully saturated rings. The molecular formula is C16H22OS. The van der Waals surface area contributed by atoms with Crippen molar-refractivity contribution in [3.05, 3.63) is 21.4 Å². The van der Waals surface area contributed by atoms with Gasteiger partial charge in [-0.2, -0.15) is 0 Å². The third-order valence-electron chi connectivity index (χ3n) is 4.47. The molecule has 0 spiro atoms. The van der Waals surface area contributed by atoms with E-state index in [1.165, 1.54) is 61.8 Å². The zero-order valence-electron chi connectivity index (χ0n) is 11.0. The first kappa shape index (κ1) is 12.4. The maximum absolute atomic E-state index is 12.6. The Labute approximate surface area is 114 Å². The highest BCUT2D eigenvalue weighted by Crippen LogP contribution is 2.33. The molecule has 0 aliphatic heterocycles. The lowest BCUT2D eigenvalue weighted by molar-refractivity contribution is 0.0912. The molecule has 0 aromatic carbocycles. The van der Waals surface area contributed by atoms with E-state index in [1.54, 1.807) is 11.3 Å². The van der Waals surface area contributed by atoms with Gasteiger partial charge >= 0.3 is 0 Å². The highest BCUT2D eigenvalue weighted by Gasteiger charge is 2.24. The number of rotatable bonds is 2. The molecule has 0 bridgehead atoms. The normalized spacial score (nSPS) is 21.3. The number of carbonyl (C=O) groups excluding carboxylic acids is 1. The van der Waals surface area contributed by atoms with E-state index in [4.69, 9.17) is 0 Å². The lowest BCUT2D eigenvalue weighted by Gasteiger charge is -2.10. The van der Waals surface area contributed by atoms with Gasteiger partial charge in [-0.05, 0) is 50.2 Å². The molecule has 2 aliphatic rings. The van der Waals surface area contributed by atoms with E-state index in [1.807, 2.05) is 0 Å². The van der Waals surface area contributed by atoms with Gasteiger partial charge < -0.3 is 0 Å². The molecule has 0 radical (unpaired) electrons. The zero-order chi connectivity index (χ0) is 12.4.